The molecule has 1 saturated carbocycles. The summed E-state index contributed by atoms with van der Waals surface area (Å²) in [5, 5.41) is 3.56. The Morgan fingerprint density at radius 2 is 2.29 bits per heavy atom. The van der Waals surface area contributed by atoms with Crippen molar-refractivity contribution in [2.24, 2.45) is 5.92 Å². The van der Waals surface area contributed by atoms with Gasteiger partial charge in [0.15, 0.2) is 0 Å². The van der Waals surface area contributed by atoms with Crippen molar-refractivity contribution in [3.05, 3.63) is 11.8 Å². The van der Waals surface area contributed by atoms with Crippen LogP contribution in [0, 0.1) is 5.92 Å². The molecule has 2 N–H and O–H groups in total. The average Bonchev–Trinajstić information content (AvgIpc) is 2.93. The summed E-state index contributed by atoms with van der Waals surface area (Å²) >= 11 is 0. The first-order valence-corrected chi connectivity index (χ1v) is 5.75. The van der Waals surface area contributed by atoms with E-state index >= 15 is 0 Å². The Hall–Kier alpha value is -0.540. The van der Waals surface area contributed by atoms with E-state index in [1.165, 1.54) is 31.4 Å². The first-order valence-electron chi connectivity index (χ1n) is 5.75. The van der Waals surface area contributed by atoms with E-state index in [9.17, 15) is 0 Å². The lowest BCUT2D eigenvalue weighted by molar-refractivity contribution is 0.0507. The van der Waals surface area contributed by atoms with Crippen LogP contribution in [0.25, 0.3) is 0 Å². The van der Waals surface area contributed by atoms with Gasteiger partial charge in [0.25, 0.3) is 0 Å². The zero-order valence-corrected chi connectivity index (χ0v) is 8.46. The molecule has 2 aliphatic heterocycles. The summed E-state index contributed by atoms with van der Waals surface area (Å²) in [5.41, 5.74) is 4.40. The van der Waals surface area contributed by atoms with Crippen molar-refractivity contribution < 1.29 is 4.84 Å². The minimum absolute atomic E-state index is 0.598. The molecule has 0 spiro atoms. The minimum atomic E-state index is 0.598. The molecule has 0 aromatic carbocycles. The first-order chi connectivity index (χ1) is 6.90. The van der Waals surface area contributed by atoms with E-state index in [2.05, 4.69) is 16.9 Å². The predicted molar refractivity (Wildman–Crippen MR) is 54.5 cm³/mol. The Bertz CT molecular complexity index is 248. The molecule has 3 heteroatoms. The number of hydroxylamine groups is 1. The molecule has 0 amide bonds. The van der Waals surface area contributed by atoms with E-state index in [-0.39, 0.29) is 0 Å². The van der Waals surface area contributed by atoms with Gasteiger partial charge in [-0.15, -0.1) is 0 Å². The molecule has 3 rings (SSSR count). The monoisotopic (exact) mass is 194 g/mol. The maximum atomic E-state index is 5.48. The van der Waals surface area contributed by atoms with E-state index in [1.807, 2.05) is 0 Å². The molecular weight excluding hydrogens is 176 g/mol. The van der Waals surface area contributed by atoms with Crippen molar-refractivity contribution in [3.63, 3.8) is 0 Å². The molecule has 3 nitrogen and oxygen atoms in total. The highest BCUT2D eigenvalue weighted by Crippen LogP contribution is 2.29. The van der Waals surface area contributed by atoms with Crippen molar-refractivity contribution in [3.8, 4) is 0 Å². The van der Waals surface area contributed by atoms with Crippen molar-refractivity contribution in [2.45, 2.75) is 44.2 Å². The Kier molecular flexibility index (Phi) is 2.22. The van der Waals surface area contributed by atoms with Gasteiger partial charge < -0.3 is 5.32 Å². The minimum Gasteiger partial charge on any atom is -0.307 e. The maximum Gasteiger partial charge on any atom is 0.0774 e. The summed E-state index contributed by atoms with van der Waals surface area (Å²) in [7, 11) is 0. The Balaban J connectivity index is 1.47. The van der Waals surface area contributed by atoms with Gasteiger partial charge in [-0.25, -0.2) is 0 Å². The molecule has 0 aromatic rings. The Morgan fingerprint density at radius 3 is 3.07 bits per heavy atom. The molecule has 3 aliphatic rings. The molecule has 2 atom stereocenters. The molecule has 2 heterocycles. The lowest BCUT2D eigenvalue weighted by Gasteiger charge is -2.21. The van der Waals surface area contributed by atoms with Gasteiger partial charge >= 0.3 is 0 Å². The molecule has 14 heavy (non-hydrogen) atoms. The van der Waals surface area contributed by atoms with Crippen molar-refractivity contribution in [1.82, 2.24) is 10.8 Å². The zero-order chi connectivity index (χ0) is 9.38. The van der Waals surface area contributed by atoms with Crippen LogP contribution in [0.4, 0.5) is 0 Å². The molecular formula is C11H18N2O. The van der Waals surface area contributed by atoms with Gasteiger partial charge in [0.2, 0.25) is 0 Å². The second-order valence-electron chi connectivity index (χ2n) is 4.80. The second kappa shape index (κ2) is 3.55. The van der Waals surface area contributed by atoms with Crippen LogP contribution in [0.15, 0.2) is 11.8 Å². The van der Waals surface area contributed by atoms with E-state index in [0.29, 0.717) is 12.1 Å². The van der Waals surface area contributed by atoms with Gasteiger partial charge in [0, 0.05) is 24.2 Å². The Labute approximate surface area is 84.8 Å². The second-order valence-corrected chi connectivity index (χ2v) is 4.80. The van der Waals surface area contributed by atoms with Crippen LogP contribution in [-0.2, 0) is 4.84 Å². The van der Waals surface area contributed by atoms with Crippen LogP contribution in [0.1, 0.15) is 32.1 Å². The molecule has 1 saturated heterocycles. The third kappa shape index (κ3) is 1.93. The SMILES string of the molecule is C1=C(NOCC2CC2)CC2CCC1N2. The fraction of sp³-hybridized carbons (Fsp3) is 0.818. The molecule has 0 radical (unpaired) electrons. The highest BCUT2D eigenvalue weighted by atomic mass is 16.6. The summed E-state index contributed by atoms with van der Waals surface area (Å²) in [6, 6.07) is 1.29. The molecule has 2 bridgehead atoms. The van der Waals surface area contributed by atoms with Crippen LogP contribution in [0.3, 0.4) is 0 Å². The van der Waals surface area contributed by atoms with Crippen LogP contribution < -0.4 is 10.8 Å². The number of hydrogen-bond donors (Lipinski definition) is 2. The van der Waals surface area contributed by atoms with E-state index in [4.69, 9.17) is 4.84 Å². The quantitative estimate of drug-likeness (QED) is 0.662. The smallest absolute Gasteiger partial charge is 0.0774 e. The zero-order valence-electron chi connectivity index (χ0n) is 8.46. The van der Waals surface area contributed by atoms with Gasteiger partial charge in [0.05, 0.1) is 6.61 Å². The summed E-state index contributed by atoms with van der Waals surface area (Å²) < 4.78 is 0. The largest absolute Gasteiger partial charge is 0.307 e. The Morgan fingerprint density at radius 1 is 1.36 bits per heavy atom. The van der Waals surface area contributed by atoms with Crippen LogP contribution in [0.5, 0.6) is 0 Å². The standard InChI is InChI=1S/C11H18N2O/c1-2-8(1)7-14-13-11-5-9-3-4-10(6-11)12-9/h5,8-10,12-13H,1-4,6-7H2. The summed E-state index contributed by atoms with van der Waals surface area (Å²) in [5.74, 6) is 0.835. The van der Waals surface area contributed by atoms with E-state index < -0.39 is 0 Å². The normalized spacial score (nSPS) is 35.6. The van der Waals surface area contributed by atoms with Crippen molar-refractivity contribution >= 4 is 0 Å². The molecule has 0 aromatic heterocycles. The van der Waals surface area contributed by atoms with Crippen LogP contribution in [-0.4, -0.2) is 18.7 Å². The van der Waals surface area contributed by atoms with E-state index in [0.717, 1.165) is 18.9 Å². The maximum absolute atomic E-state index is 5.48. The van der Waals surface area contributed by atoms with Gasteiger partial charge in [-0.1, -0.05) is 0 Å². The predicted octanol–water partition coefficient (Wildman–Crippen LogP) is 1.33. The fourth-order valence-corrected chi connectivity index (χ4v) is 2.33. The highest BCUT2D eigenvalue weighted by molar-refractivity contribution is 5.14. The first kappa shape index (κ1) is 8.74. The van der Waals surface area contributed by atoms with E-state index in [1.54, 1.807) is 0 Å². The number of hydrogen-bond acceptors (Lipinski definition) is 3. The third-order valence-electron chi connectivity index (χ3n) is 3.36. The molecule has 2 unspecified atom stereocenters. The summed E-state index contributed by atoms with van der Waals surface area (Å²) in [6.07, 6.45) is 8.71. The molecule has 78 valence electrons. The molecule has 1 aliphatic carbocycles. The lowest BCUT2D eigenvalue weighted by Crippen LogP contribution is -2.35. The van der Waals surface area contributed by atoms with Crippen LogP contribution in [0.2, 0.25) is 0 Å². The average molecular weight is 194 g/mol. The third-order valence-corrected chi connectivity index (χ3v) is 3.36. The van der Waals surface area contributed by atoms with Gasteiger partial charge in [-0.3, -0.25) is 10.3 Å². The number of fused-ring (bicyclic) bond motifs is 2. The van der Waals surface area contributed by atoms with Crippen molar-refractivity contribution in [2.75, 3.05) is 6.61 Å². The van der Waals surface area contributed by atoms with Gasteiger partial charge in [-0.05, 0) is 37.7 Å². The lowest BCUT2D eigenvalue weighted by atomic mass is 10.1. The number of rotatable bonds is 4. The highest BCUT2D eigenvalue weighted by Gasteiger charge is 2.28. The van der Waals surface area contributed by atoms with Gasteiger partial charge in [0.1, 0.15) is 0 Å². The van der Waals surface area contributed by atoms with Crippen LogP contribution >= 0.6 is 0 Å². The van der Waals surface area contributed by atoms with Crippen molar-refractivity contribution in [1.29, 1.82) is 0 Å². The summed E-state index contributed by atoms with van der Waals surface area (Å²) in [4.78, 5) is 5.48. The van der Waals surface area contributed by atoms with Gasteiger partial charge in [-0.2, -0.15) is 0 Å². The fourth-order valence-electron chi connectivity index (χ4n) is 2.33. The number of nitrogens with one attached hydrogen (secondary N) is 2. The molecule has 2 fully saturated rings. The topological polar surface area (TPSA) is 33.3 Å². The summed E-state index contributed by atoms with van der Waals surface area (Å²) in [6.45, 7) is 0.889.